The SMILES string of the molecule is CC(C)C1(C(=O)N[C@H](CCCC(=O)O)C(=O)O)CCNC1. The molecule has 0 aliphatic carbocycles. The average molecular weight is 300 g/mol. The number of carboxylic acids is 2. The van der Waals surface area contributed by atoms with E-state index in [9.17, 15) is 19.5 Å². The Morgan fingerprint density at radius 3 is 2.38 bits per heavy atom. The molecule has 0 spiro atoms. The second-order valence-electron chi connectivity index (χ2n) is 5.89. The van der Waals surface area contributed by atoms with E-state index in [-0.39, 0.29) is 31.1 Å². The second kappa shape index (κ2) is 7.40. The van der Waals surface area contributed by atoms with Crippen LogP contribution in [0.15, 0.2) is 0 Å². The summed E-state index contributed by atoms with van der Waals surface area (Å²) in [6, 6.07) is -1.03. The summed E-state index contributed by atoms with van der Waals surface area (Å²) in [5, 5.41) is 23.5. The van der Waals surface area contributed by atoms with Gasteiger partial charge in [0.2, 0.25) is 5.91 Å². The van der Waals surface area contributed by atoms with Crippen LogP contribution >= 0.6 is 0 Å². The predicted octanol–water partition coefficient (Wildman–Crippen LogP) is 0.446. The van der Waals surface area contributed by atoms with Gasteiger partial charge in [0.05, 0.1) is 5.41 Å². The van der Waals surface area contributed by atoms with Crippen molar-refractivity contribution < 1.29 is 24.6 Å². The van der Waals surface area contributed by atoms with Gasteiger partial charge in [-0.3, -0.25) is 9.59 Å². The van der Waals surface area contributed by atoms with E-state index in [2.05, 4.69) is 10.6 Å². The van der Waals surface area contributed by atoms with Gasteiger partial charge in [-0.25, -0.2) is 4.79 Å². The van der Waals surface area contributed by atoms with Crippen LogP contribution in [0.2, 0.25) is 0 Å². The van der Waals surface area contributed by atoms with E-state index < -0.39 is 23.4 Å². The average Bonchev–Trinajstić information content (AvgIpc) is 2.87. The molecular weight excluding hydrogens is 276 g/mol. The zero-order valence-electron chi connectivity index (χ0n) is 12.5. The lowest BCUT2D eigenvalue weighted by molar-refractivity contribution is -0.145. The molecule has 21 heavy (non-hydrogen) atoms. The van der Waals surface area contributed by atoms with Crippen LogP contribution in [0.5, 0.6) is 0 Å². The van der Waals surface area contributed by atoms with Crippen molar-refractivity contribution in [2.24, 2.45) is 11.3 Å². The van der Waals surface area contributed by atoms with E-state index in [0.29, 0.717) is 13.0 Å². The van der Waals surface area contributed by atoms with Crippen LogP contribution < -0.4 is 10.6 Å². The molecule has 2 atom stereocenters. The molecule has 0 aromatic carbocycles. The standard InChI is InChI=1S/C14H24N2O5/c1-9(2)14(6-7-15-8-14)13(21)16-10(12(19)20)4-3-5-11(17)18/h9-10,15H,3-8H2,1-2H3,(H,16,21)(H,17,18)(H,19,20)/t10-,14?/m1/s1. The molecular formula is C14H24N2O5. The number of hydrogen-bond acceptors (Lipinski definition) is 4. The van der Waals surface area contributed by atoms with Gasteiger partial charge in [-0.15, -0.1) is 0 Å². The molecule has 7 nitrogen and oxygen atoms in total. The first kappa shape index (κ1) is 17.4. The molecule has 120 valence electrons. The van der Waals surface area contributed by atoms with Crippen LogP contribution in [0.1, 0.15) is 39.5 Å². The lowest BCUT2D eigenvalue weighted by Crippen LogP contribution is -2.51. The van der Waals surface area contributed by atoms with Crippen molar-refractivity contribution in [3.8, 4) is 0 Å². The molecule has 1 fully saturated rings. The monoisotopic (exact) mass is 300 g/mol. The van der Waals surface area contributed by atoms with Gasteiger partial charge in [0.15, 0.2) is 0 Å². The molecule has 0 saturated carbocycles. The third-order valence-electron chi connectivity index (χ3n) is 4.23. The lowest BCUT2D eigenvalue weighted by atomic mass is 9.75. The van der Waals surface area contributed by atoms with E-state index in [0.717, 1.165) is 6.54 Å². The molecule has 1 rings (SSSR count). The molecule has 7 heteroatoms. The summed E-state index contributed by atoms with van der Waals surface area (Å²) >= 11 is 0. The Kier molecular flexibility index (Phi) is 6.14. The van der Waals surface area contributed by atoms with E-state index in [1.807, 2.05) is 13.8 Å². The Morgan fingerprint density at radius 2 is 1.95 bits per heavy atom. The molecule has 1 unspecified atom stereocenters. The summed E-state index contributed by atoms with van der Waals surface area (Å²) in [4.78, 5) is 34.2. The van der Waals surface area contributed by atoms with Crippen LogP contribution in [0.4, 0.5) is 0 Å². The molecule has 0 bridgehead atoms. The third-order valence-corrected chi connectivity index (χ3v) is 4.23. The maximum absolute atomic E-state index is 12.5. The number of hydrogen-bond donors (Lipinski definition) is 4. The van der Waals surface area contributed by atoms with Crippen molar-refractivity contribution in [1.29, 1.82) is 0 Å². The Bertz CT molecular complexity index is 402. The number of carboxylic acid groups (broad SMARTS) is 2. The fourth-order valence-corrected chi connectivity index (χ4v) is 2.68. The molecule has 0 aromatic rings. The van der Waals surface area contributed by atoms with Gasteiger partial charge in [-0.1, -0.05) is 13.8 Å². The number of aliphatic carboxylic acids is 2. The van der Waals surface area contributed by atoms with Crippen LogP contribution in [-0.2, 0) is 14.4 Å². The Morgan fingerprint density at radius 1 is 1.29 bits per heavy atom. The number of carbonyl (C=O) groups is 3. The normalized spacial score (nSPS) is 23.0. The van der Waals surface area contributed by atoms with E-state index in [4.69, 9.17) is 5.11 Å². The van der Waals surface area contributed by atoms with Gasteiger partial charge < -0.3 is 20.8 Å². The smallest absolute Gasteiger partial charge is 0.326 e. The van der Waals surface area contributed by atoms with Gasteiger partial charge in [0, 0.05) is 13.0 Å². The first-order valence-corrected chi connectivity index (χ1v) is 7.26. The maximum atomic E-state index is 12.5. The van der Waals surface area contributed by atoms with Gasteiger partial charge in [-0.2, -0.15) is 0 Å². The van der Waals surface area contributed by atoms with E-state index >= 15 is 0 Å². The fraction of sp³-hybridized carbons (Fsp3) is 0.786. The van der Waals surface area contributed by atoms with Gasteiger partial charge in [0.1, 0.15) is 6.04 Å². The number of rotatable bonds is 8. The molecule has 1 amide bonds. The minimum atomic E-state index is -1.13. The molecule has 4 N–H and O–H groups in total. The first-order valence-electron chi connectivity index (χ1n) is 7.26. The largest absolute Gasteiger partial charge is 0.481 e. The fourth-order valence-electron chi connectivity index (χ4n) is 2.68. The van der Waals surface area contributed by atoms with Crippen LogP contribution in [-0.4, -0.2) is 47.2 Å². The predicted molar refractivity (Wildman–Crippen MR) is 75.8 cm³/mol. The molecule has 1 aliphatic heterocycles. The maximum Gasteiger partial charge on any atom is 0.326 e. The topological polar surface area (TPSA) is 116 Å². The molecule has 0 aromatic heterocycles. The van der Waals surface area contributed by atoms with Crippen molar-refractivity contribution in [1.82, 2.24) is 10.6 Å². The van der Waals surface area contributed by atoms with Crippen molar-refractivity contribution in [3.63, 3.8) is 0 Å². The minimum Gasteiger partial charge on any atom is -0.481 e. The van der Waals surface area contributed by atoms with Crippen molar-refractivity contribution >= 4 is 17.8 Å². The van der Waals surface area contributed by atoms with Gasteiger partial charge in [-0.05, 0) is 31.7 Å². The molecule has 1 aliphatic rings. The highest BCUT2D eigenvalue weighted by Gasteiger charge is 2.44. The quantitative estimate of drug-likeness (QED) is 0.517. The highest BCUT2D eigenvalue weighted by molar-refractivity contribution is 5.88. The molecule has 1 saturated heterocycles. The highest BCUT2D eigenvalue weighted by Crippen LogP contribution is 2.34. The second-order valence-corrected chi connectivity index (χ2v) is 5.89. The zero-order valence-corrected chi connectivity index (χ0v) is 12.5. The zero-order chi connectivity index (χ0) is 16.0. The number of nitrogens with one attached hydrogen (secondary N) is 2. The van der Waals surface area contributed by atoms with E-state index in [1.54, 1.807) is 0 Å². The summed E-state index contributed by atoms with van der Waals surface area (Å²) < 4.78 is 0. The Labute approximate surface area is 124 Å². The van der Waals surface area contributed by atoms with Crippen molar-refractivity contribution in [3.05, 3.63) is 0 Å². The summed E-state index contributed by atoms with van der Waals surface area (Å²) in [5.74, 6) is -2.26. The summed E-state index contributed by atoms with van der Waals surface area (Å²) in [6.07, 6.45) is 0.920. The third kappa shape index (κ3) is 4.42. The Hall–Kier alpha value is -1.63. The first-order chi connectivity index (χ1) is 9.79. The lowest BCUT2D eigenvalue weighted by Gasteiger charge is -2.32. The molecule has 1 heterocycles. The van der Waals surface area contributed by atoms with Crippen molar-refractivity contribution in [2.75, 3.05) is 13.1 Å². The summed E-state index contributed by atoms with van der Waals surface area (Å²) in [5.41, 5.74) is -0.583. The molecule has 0 radical (unpaired) electrons. The summed E-state index contributed by atoms with van der Waals surface area (Å²) in [7, 11) is 0. The summed E-state index contributed by atoms with van der Waals surface area (Å²) in [6.45, 7) is 5.18. The van der Waals surface area contributed by atoms with Crippen LogP contribution in [0, 0.1) is 11.3 Å². The number of carbonyl (C=O) groups excluding carboxylic acids is 1. The van der Waals surface area contributed by atoms with Crippen LogP contribution in [0.25, 0.3) is 0 Å². The number of amides is 1. The van der Waals surface area contributed by atoms with Crippen molar-refractivity contribution in [2.45, 2.75) is 45.6 Å². The van der Waals surface area contributed by atoms with Gasteiger partial charge in [0.25, 0.3) is 0 Å². The van der Waals surface area contributed by atoms with Gasteiger partial charge >= 0.3 is 11.9 Å². The Balaban J connectivity index is 2.67. The highest BCUT2D eigenvalue weighted by atomic mass is 16.4. The van der Waals surface area contributed by atoms with E-state index in [1.165, 1.54) is 0 Å². The minimum absolute atomic E-state index is 0.0981. The van der Waals surface area contributed by atoms with Crippen LogP contribution in [0.3, 0.4) is 0 Å².